The number of hydrogen-bond donors (Lipinski definition) is 0. The van der Waals surface area contributed by atoms with E-state index in [1.165, 1.54) is 25.1 Å². The molecule has 7 heteroatoms. The lowest BCUT2D eigenvalue weighted by atomic mass is 10.1. The van der Waals surface area contributed by atoms with Crippen LogP contribution in [0.15, 0.2) is 36.5 Å². The predicted octanol–water partition coefficient (Wildman–Crippen LogP) is 2.97. The van der Waals surface area contributed by atoms with Gasteiger partial charge in [-0.15, -0.1) is 0 Å². The summed E-state index contributed by atoms with van der Waals surface area (Å²) in [5.74, 6) is -0.235. The largest absolute Gasteiger partial charge is 0.321 e. The smallest absolute Gasteiger partial charge is 0.266 e. The molecule has 1 unspecified atom stereocenters. The molecule has 2 heterocycles. The molecule has 1 atom stereocenters. The molecule has 114 valence electrons. The lowest BCUT2D eigenvalue weighted by Crippen LogP contribution is -2.46. The van der Waals surface area contributed by atoms with Gasteiger partial charge in [-0.2, -0.15) is 4.98 Å². The molecule has 5 nitrogen and oxygen atoms in total. The molecule has 3 rings (SSSR count). The standard InChI is InChI=1S/C15H14ClFN4O/c1-15(17)9-21(10-6-4-3-5-7-10)12-11(20(2)13(15)22)8-18-14(16)19-12/h3-8H,9H2,1-2H3. The van der Waals surface area contributed by atoms with E-state index in [0.29, 0.717) is 11.5 Å². The van der Waals surface area contributed by atoms with Crippen LogP contribution in [0.5, 0.6) is 0 Å². The van der Waals surface area contributed by atoms with Gasteiger partial charge in [0.15, 0.2) is 5.82 Å². The zero-order valence-corrected chi connectivity index (χ0v) is 12.9. The summed E-state index contributed by atoms with van der Waals surface area (Å²) in [5.41, 5.74) is -0.914. The molecular formula is C15H14ClFN4O. The Bertz CT molecular complexity index is 723. The van der Waals surface area contributed by atoms with Crippen LogP contribution < -0.4 is 9.80 Å². The van der Waals surface area contributed by atoms with Crippen molar-refractivity contribution in [3.63, 3.8) is 0 Å². The van der Waals surface area contributed by atoms with E-state index < -0.39 is 11.6 Å². The lowest BCUT2D eigenvalue weighted by Gasteiger charge is -2.26. The highest BCUT2D eigenvalue weighted by atomic mass is 35.5. The van der Waals surface area contributed by atoms with Crippen LogP contribution in [0.3, 0.4) is 0 Å². The van der Waals surface area contributed by atoms with Gasteiger partial charge < -0.3 is 9.80 Å². The number of hydrogen-bond acceptors (Lipinski definition) is 4. The van der Waals surface area contributed by atoms with Crippen molar-refractivity contribution in [1.82, 2.24) is 9.97 Å². The summed E-state index contributed by atoms with van der Waals surface area (Å²) in [4.78, 5) is 23.3. The Morgan fingerprint density at radius 3 is 2.68 bits per heavy atom. The van der Waals surface area contributed by atoms with E-state index in [0.717, 1.165) is 5.69 Å². The number of carbonyl (C=O) groups is 1. The van der Waals surface area contributed by atoms with Crippen LogP contribution in [-0.4, -0.2) is 35.1 Å². The molecule has 0 bridgehead atoms. The number of aromatic nitrogens is 2. The monoisotopic (exact) mass is 320 g/mol. The average Bonchev–Trinajstić information content (AvgIpc) is 2.58. The Labute approximate surface area is 132 Å². The number of benzene rings is 1. The molecule has 0 N–H and O–H groups in total. The summed E-state index contributed by atoms with van der Waals surface area (Å²) in [6.07, 6.45) is 1.43. The topological polar surface area (TPSA) is 49.3 Å². The second kappa shape index (κ2) is 5.21. The Hall–Kier alpha value is -2.21. The highest BCUT2D eigenvalue weighted by Crippen LogP contribution is 2.38. The fourth-order valence-corrected chi connectivity index (χ4v) is 2.63. The number of anilines is 3. The molecule has 2 aromatic rings. The molecular weight excluding hydrogens is 307 g/mol. The van der Waals surface area contributed by atoms with Crippen LogP contribution in [0.4, 0.5) is 21.6 Å². The van der Waals surface area contributed by atoms with E-state index in [-0.39, 0.29) is 11.8 Å². The van der Waals surface area contributed by atoms with Gasteiger partial charge in [0.1, 0.15) is 5.69 Å². The maximum Gasteiger partial charge on any atom is 0.266 e. The lowest BCUT2D eigenvalue weighted by molar-refractivity contribution is -0.127. The molecule has 1 aromatic carbocycles. The van der Waals surface area contributed by atoms with Gasteiger partial charge in [0.2, 0.25) is 11.0 Å². The van der Waals surface area contributed by atoms with Gasteiger partial charge >= 0.3 is 0 Å². The number of alkyl halides is 1. The summed E-state index contributed by atoms with van der Waals surface area (Å²) in [7, 11) is 1.50. The first kappa shape index (κ1) is 14.7. The Balaban J connectivity index is 2.22. The summed E-state index contributed by atoms with van der Waals surface area (Å²) < 4.78 is 14.9. The summed E-state index contributed by atoms with van der Waals surface area (Å²) >= 11 is 5.89. The van der Waals surface area contributed by atoms with Gasteiger partial charge in [0, 0.05) is 12.7 Å². The van der Waals surface area contributed by atoms with Crippen LogP contribution in [0, 0.1) is 0 Å². The maximum atomic E-state index is 14.9. The third kappa shape index (κ3) is 2.39. The second-order valence-corrected chi connectivity index (χ2v) is 5.67. The first-order valence-electron chi connectivity index (χ1n) is 6.72. The predicted molar refractivity (Wildman–Crippen MR) is 83.4 cm³/mol. The minimum atomic E-state index is -2.06. The number of nitrogens with zero attached hydrogens (tertiary/aromatic N) is 4. The van der Waals surface area contributed by atoms with Crippen LogP contribution in [0.25, 0.3) is 0 Å². The molecule has 1 aliphatic rings. The highest BCUT2D eigenvalue weighted by molar-refractivity contribution is 6.28. The molecule has 22 heavy (non-hydrogen) atoms. The minimum Gasteiger partial charge on any atom is -0.321 e. The Morgan fingerprint density at radius 2 is 2.00 bits per heavy atom. The average molecular weight is 321 g/mol. The first-order valence-corrected chi connectivity index (χ1v) is 7.10. The van der Waals surface area contributed by atoms with E-state index in [1.54, 1.807) is 4.90 Å². The van der Waals surface area contributed by atoms with Crippen molar-refractivity contribution >= 4 is 34.7 Å². The summed E-state index contributed by atoms with van der Waals surface area (Å²) in [6, 6.07) is 9.19. The Kier molecular flexibility index (Phi) is 3.48. The molecule has 0 fully saturated rings. The molecule has 0 radical (unpaired) electrons. The molecule has 0 spiro atoms. The summed E-state index contributed by atoms with van der Waals surface area (Å²) in [6.45, 7) is 1.11. The van der Waals surface area contributed by atoms with Crippen molar-refractivity contribution in [3.05, 3.63) is 41.8 Å². The van der Waals surface area contributed by atoms with Crippen LogP contribution >= 0.6 is 11.6 Å². The van der Waals surface area contributed by atoms with Crippen molar-refractivity contribution in [2.75, 3.05) is 23.4 Å². The Morgan fingerprint density at radius 1 is 1.32 bits per heavy atom. The molecule has 1 amide bonds. The van der Waals surface area contributed by atoms with Gasteiger partial charge in [-0.25, -0.2) is 9.37 Å². The van der Waals surface area contributed by atoms with E-state index in [1.807, 2.05) is 30.3 Å². The molecule has 0 aliphatic carbocycles. The van der Waals surface area contributed by atoms with Crippen molar-refractivity contribution in [1.29, 1.82) is 0 Å². The number of carbonyl (C=O) groups excluding carboxylic acids is 1. The fraction of sp³-hybridized carbons (Fsp3) is 0.267. The van der Waals surface area contributed by atoms with E-state index in [9.17, 15) is 9.18 Å². The number of halogens is 2. The van der Waals surface area contributed by atoms with Gasteiger partial charge in [0.05, 0.1) is 12.7 Å². The molecule has 1 aliphatic heterocycles. The van der Waals surface area contributed by atoms with Crippen molar-refractivity contribution in [2.24, 2.45) is 0 Å². The van der Waals surface area contributed by atoms with Crippen molar-refractivity contribution in [2.45, 2.75) is 12.6 Å². The zero-order chi connectivity index (χ0) is 15.9. The number of amides is 1. The molecule has 0 saturated carbocycles. The summed E-state index contributed by atoms with van der Waals surface area (Å²) in [5, 5.41) is 0.0444. The number of para-hydroxylation sites is 1. The minimum absolute atomic E-state index is 0.0444. The van der Waals surface area contributed by atoms with Crippen LogP contribution in [-0.2, 0) is 4.79 Å². The highest BCUT2D eigenvalue weighted by Gasteiger charge is 2.43. The SMILES string of the molecule is CN1C(=O)C(C)(F)CN(c2ccccc2)c2nc(Cl)ncc21. The van der Waals surface area contributed by atoms with Gasteiger partial charge in [-0.1, -0.05) is 18.2 Å². The van der Waals surface area contributed by atoms with E-state index in [2.05, 4.69) is 9.97 Å². The van der Waals surface area contributed by atoms with E-state index in [4.69, 9.17) is 11.6 Å². The number of fused-ring (bicyclic) bond motifs is 1. The maximum absolute atomic E-state index is 14.9. The van der Waals surface area contributed by atoms with E-state index >= 15 is 0 Å². The number of rotatable bonds is 1. The van der Waals surface area contributed by atoms with Gasteiger partial charge in [0.25, 0.3) is 5.91 Å². The van der Waals surface area contributed by atoms with Gasteiger partial charge in [-0.3, -0.25) is 4.79 Å². The van der Waals surface area contributed by atoms with Crippen LogP contribution in [0.2, 0.25) is 5.28 Å². The third-order valence-corrected chi connectivity index (χ3v) is 3.79. The molecule has 0 saturated heterocycles. The third-order valence-electron chi connectivity index (χ3n) is 3.61. The van der Waals surface area contributed by atoms with Crippen molar-refractivity contribution in [3.8, 4) is 0 Å². The quantitative estimate of drug-likeness (QED) is 0.758. The van der Waals surface area contributed by atoms with Gasteiger partial charge in [-0.05, 0) is 30.7 Å². The fourth-order valence-electron chi connectivity index (χ4n) is 2.50. The van der Waals surface area contributed by atoms with Crippen molar-refractivity contribution < 1.29 is 9.18 Å². The zero-order valence-electron chi connectivity index (χ0n) is 12.1. The van der Waals surface area contributed by atoms with Crippen LogP contribution in [0.1, 0.15) is 6.92 Å². The second-order valence-electron chi connectivity index (χ2n) is 5.33. The normalized spacial score (nSPS) is 21.5. The molecule has 1 aromatic heterocycles. The first-order chi connectivity index (χ1) is 10.4.